The van der Waals surface area contributed by atoms with Gasteiger partial charge in [0.1, 0.15) is 0 Å². The zero-order chi connectivity index (χ0) is 19.9. The van der Waals surface area contributed by atoms with Crippen LogP contribution in [0, 0.1) is 5.82 Å². The SMILES string of the molecule is COC(=O)c1ccc2c(c1)N(Cc1c(Cl)ccc(O)c1F)C(=O)N(C)[C@H]2C. The number of phenols is 1. The van der Waals surface area contributed by atoms with Crippen LogP contribution in [0.5, 0.6) is 5.75 Å². The minimum Gasteiger partial charge on any atom is -0.505 e. The number of benzene rings is 2. The number of carbonyl (C=O) groups excluding carboxylic acids is 2. The van der Waals surface area contributed by atoms with E-state index in [0.29, 0.717) is 5.69 Å². The van der Waals surface area contributed by atoms with Crippen molar-refractivity contribution >= 4 is 29.3 Å². The summed E-state index contributed by atoms with van der Waals surface area (Å²) in [4.78, 5) is 27.6. The number of rotatable bonds is 3. The molecule has 3 rings (SSSR count). The van der Waals surface area contributed by atoms with Gasteiger partial charge in [0.05, 0.1) is 30.9 Å². The summed E-state index contributed by atoms with van der Waals surface area (Å²) in [6, 6.07) is 6.79. The normalized spacial score (nSPS) is 16.3. The van der Waals surface area contributed by atoms with Crippen molar-refractivity contribution in [1.29, 1.82) is 0 Å². The van der Waals surface area contributed by atoms with Gasteiger partial charge < -0.3 is 14.7 Å². The number of hydrogen-bond donors (Lipinski definition) is 1. The fourth-order valence-electron chi connectivity index (χ4n) is 3.08. The number of esters is 1. The molecule has 0 saturated heterocycles. The van der Waals surface area contributed by atoms with Crippen molar-refractivity contribution in [3.05, 3.63) is 57.9 Å². The van der Waals surface area contributed by atoms with Crippen molar-refractivity contribution in [3.8, 4) is 5.75 Å². The molecule has 0 aromatic heterocycles. The summed E-state index contributed by atoms with van der Waals surface area (Å²) < 4.78 is 19.1. The largest absolute Gasteiger partial charge is 0.505 e. The Kier molecular flexibility index (Phi) is 4.97. The van der Waals surface area contributed by atoms with Crippen molar-refractivity contribution in [2.75, 3.05) is 19.1 Å². The Morgan fingerprint density at radius 1 is 1.33 bits per heavy atom. The highest BCUT2D eigenvalue weighted by Gasteiger charge is 2.34. The molecule has 2 aromatic rings. The number of anilines is 1. The second-order valence-electron chi connectivity index (χ2n) is 6.28. The van der Waals surface area contributed by atoms with E-state index in [0.717, 1.165) is 11.6 Å². The van der Waals surface area contributed by atoms with E-state index in [4.69, 9.17) is 16.3 Å². The molecule has 8 heteroatoms. The number of carbonyl (C=O) groups is 2. The molecular formula is C19H18ClFN2O4. The number of methoxy groups -OCH3 is 1. The summed E-state index contributed by atoms with van der Waals surface area (Å²) in [6.45, 7) is 1.65. The van der Waals surface area contributed by atoms with Gasteiger partial charge in [-0.2, -0.15) is 0 Å². The molecule has 1 aliphatic rings. The van der Waals surface area contributed by atoms with Crippen LogP contribution in [0.25, 0.3) is 0 Å². The lowest BCUT2D eigenvalue weighted by molar-refractivity contribution is 0.0600. The van der Waals surface area contributed by atoms with Crippen molar-refractivity contribution in [2.24, 2.45) is 0 Å². The minimum atomic E-state index is -0.887. The number of nitrogens with zero attached hydrogens (tertiary/aromatic N) is 2. The van der Waals surface area contributed by atoms with Crippen LogP contribution in [-0.4, -0.2) is 36.2 Å². The lowest BCUT2D eigenvalue weighted by Crippen LogP contribution is -2.46. The topological polar surface area (TPSA) is 70.1 Å². The molecule has 0 radical (unpaired) electrons. The van der Waals surface area contributed by atoms with E-state index < -0.39 is 17.5 Å². The minimum absolute atomic E-state index is 0.0117. The molecule has 0 spiro atoms. The second kappa shape index (κ2) is 7.08. The molecule has 1 aliphatic heterocycles. The first-order valence-corrected chi connectivity index (χ1v) is 8.56. The van der Waals surface area contributed by atoms with E-state index in [-0.39, 0.29) is 34.8 Å². The number of hydrogen-bond acceptors (Lipinski definition) is 4. The lowest BCUT2D eigenvalue weighted by atomic mass is 9.98. The molecule has 142 valence electrons. The Labute approximate surface area is 160 Å². The first-order valence-electron chi connectivity index (χ1n) is 8.18. The number of fused-ring (bicyclic) bond motifs is 1. The summed E-state index contributed by atoms with van der Waals surface area (Å²) in [5.74, 6) is -1.98. The van der Waals surface area contributed by atoms with E-state index in [2.05, 4.69) is 0 Å². The molecule has 0 aliphatic carbocycles. The average molecular weight is 393 g/mol. The summed E-state index contributed by atoms with van der Waals surface area (Å²) in [5, 5.41) is 9.74. The van der Waals surface area contributed by atoms with Crippen LogP contribution in [0.1, 0.15) is 34.5 Å². The predicted octanol–water partition coefficient (Wildman–Crippen LogP) is 4.10. The van der Waals surface area contributed by atoms with Gasteiger partial charge in [0.2, 0.25) is 0 Å². The molecule has 1 N–H and O–H groups in total. The highest BCUT2D eigenvalue weighted by molar-refractivity contribution is 6.31. The zero-order valence-electron chi connectivity index (χ0n) is 15.0. The monoisotopic (exact) mass is 392 g/mol. The van der Waals surface area contributed by atoms with Crippen molar-refractivity contribution < 1.29 is 23.8 Å². The third kappa shape index (κ3) is 3.19. The molecule has 2 aromatic carbocycles. The third-order valence-corrected chi connectivity index (χ3v) is 5.14. The van der Waals surface area contributed by atoms with Crippen LogP contribution in [0.3, 0.4) is 0 Å². The number of phenolic OH excluding ortho intramolecular Hbond substituents is 1. The van der Waals surface area contributed by atoms with Crippen LogP contribution < -0.4 is 4.90 Å². The molecule has 2 amide bonds. The fourth-order valence-corrected chi connectivity index (χ4v) is 3.29. The smallest absolute Gasteiger partial charge is 0.337 e. The molecule has 0 bridgehead atoms. The Balaban J connectivity index is 2.13. The van der Waals surface area contributed by atoms with Gasteiger partial charge in [-0.25, -0.2) is 14.0 Å². The highest BCUT2D eigenvalue weighted by atomic mass is 35.5. The Bertz CT molecular complexity index is 934. The van der Waals surface area contributed by atoms with Gasteiger partial charge in [0.15, 0.2) is 11.6 Å². The molecule has 1 atom stereocenters. The standard InChI is InChI=1S/C19H18ClFN2O4/c1-10-12-5-4-11(18(25)27-3)8-15(12)23(19(26)22(10)2)9-13-14(20)6-7-16(24)17(13)21/h4-8,10,24H,9H2,1-3H3/t10-/m0/s1. The van der Waals surface area contributed by atoms with Gasteiger partial charge in [-0.3, -0.25) is 4.90 Å². The number of ether oxygens (including phenoxy) is 1. The van der Waals surface area contributed by atoms with E-state index in [1.165, 1.54) is 29.0 Å². The number of urea groups is 1. The van der Waals surface area contributed by atoms with E-state index in [9.17, 15) is 19.1 Å². The van der Waals surface area contributed by atoms with Gasteiger partial charge >= 0.3 is 12.0 Å². The van der Waals surface area contributed by atoms with E-state index >= 15 is 0 Å². The first-order chi connectivity index (χ1) is 12.8. The Morgan fingerprint density at radius 2 is 2.04 bits per heavy atom. The summed E-state index contributed by atoms with van der Waals surface area (Å²) in [5.41, 5.74) is 1.52. The molecule has 0 saturated carbocycles. The van der Waals surface area contributed by atoms with Crippen LogP contribution in [-0.2, 0) is 11.3 Å². The maximum Gasteiger partial charge on any atom is 0.337 e. The molecule has 27 heavy (non-hydrogen) atoms. The Hall–Kier alpha value is -2.80. The fraction of sp³-hybridized carbons (Fsp3) is 0.263. The number of amides is 2. The summed E-state index contributed by atoms with van der Waals surface area (Å²) in [7, 11) is 2.90. The van der Waals surface area contributed by atoms with Gasteiger partial charge in [-0.15, -0.1) is 0 Å². The molecule has 0 fully saturated rings. The summed E-state index contributed by atoms with van der Waals surface area (Å²) in [6.07, 6.45) is 0. The number of halogens is 2. The predicted molar refractivity (Wildman–Crippen MR) is 98.6 cm³/mol. The lowest BCUT2D eigenvalue weighted by Gasteiger charge is -2.39. The second-order valence-corrected chi connectivity index (χ2v) is 6.69. The van der Waals surface area contributed by atoms with Gasteiger partial charge in [-0.1, -0.05) is 17.7 Å². The van der Waals surface area contributed by atoms with Crippen molar-refractivity contribution in [3.63, 3.8) is 0 Å². The summed E-state index contributed by atoms with van der Waals surface area (Å²) >= 11 is 6.09. The van der Waals surface area contributed by atoms with E-state index in [1.807, 2.05) is 6.92 Å². The average Bonchev–Trinajstić information content (AvgIpc) is 2.67. The van der Waals surface area contributed by atoms with Crippen LogP contribution in [0.2, 0.25) is 5.02 Å². The Morgan fingerprint density at radius 3 is 2.70 bits per heavy atom. The molecular weight excluding hydrogens is 375 g/mol. The molecule has 0 unspecified atom stereocenters. The quantitative estimate of drug-likeness (QED) is 0.798. The number of aromatic hydroxyl groups is 1. The van der Waals surface area contributed by atoms with E-state index in [1.54, 1.807) is 19.2 Å². The van der Waals surface area contributed by atoms with Crippen molar-refractivity contribution in [1.82, 2.24) is 4.90 Å². The maximum atomic E-state index is 14.4. The van der Waals surface area contributed by atoms with Crippen molar-refractivity contribution in [2.45, 2.75) is 19.5 Å². The zero-order valence-corrected chi connectivity index (χ0v) is 15.7. The molecule has 6 nitrogen and oxygen atoms in total. The maximum absolute atomic E-state index is 14.4. The third-order valence-electron chi connectivity index (χ3n) is 4.79. The van der Waals surface area contributed by atoms with Crippen LogP contribution in [0.4, 0.5) is 14.9 Å². The van der Waals surface area contributed by atoms with Gasteiger partial charge in [0.25, 0.3) is 0 Å². The van der Waals surface area contributed by atoms with Crippen LogP contribution >= 0.6 is 11.6 Å². The van der Waals surface area contributed by atoms with Crippen LogP contribution in [0.15, 0.2) is 30.3 Å². The van der Waals surface area contributed by atoms with Gasteiger partial charge in [-0.05, 0) is 36.8 Å². The first kappa shape index (κ1) is 19.0. The van der Waals surface area contributed by atoms with Gasteiger partial charge in [0, 0.05) is 17.6 Å². The molecule has 1 heterocycles. The highest BCUT2D eigenvalue weighted by Crippen LogP contribution is 2.38.